The lowest BCUT2D eigenvalue weighted by Gasteiger charge is -2.01. The molecule has 1 heterocycles. The summed E-state index contributed by atoms with van der Waals surface area (Å²) in [6, 6.07) is 16.2. The summed E-state index contributed by atoms with van der Waals surface area (Å²) >= 11 is 0. The van der Waals surface area contributed by atoms with E-state index in [0.29, 0.717) is 17.1 Å². The number of anilines is 1. The molecule has 2 aromatic carbocycles. The van der Waals surface area contributed by atoms with Crippen molar-refractivity contribution in [3.8, 4) is 11.4 Å². The molecule has 0 bridgehead atoms. The van der Waals surface area contributed by atoms with Crippen LogP contribution in [0.5, 0.6) is 5.75 Å². The fourth-order valence-electron chi connectivity index (χ4n) is 2.12. The minimum absolute atomic E-state index is 0.0553. The van der Waals surface area contributed by atoms with Crippen molar-refractivity contribution >= 4 is 17.2 Å². The maximum atomic E-state index is 12.4. The van der Waals surface area contributed by atoms with Gasteiger partial charge in [-0.1, -0.05) is 30.3 Å². The molecule has 0 fully saturated rings. The Bertz CT molecular complexity index is 896. The zero-order valence-electron chi connectivity index (χ0n) is 12.4. The van der Waals surface area contributed by atoms with E-state index in [9.17, 15) is 4.79 Å². The molecule has 0 aliphatic rings. The summed E-state index contributed by atoms with van der Waals surface area (Å²) in [4.78, 5) is 12.4. The number of rotatable bonds is 4. The molecule has 0 amide bonds. The first-order valence-corrected chi connectivity index (χ1v) is 6.91. The molecule has 3 rings (SSSR count). The van der Waals surface area contributed by atoms with Gasteiger partial charge >= 0.3 is 5.56 Å². The van der Waals surface area contributed by atoms with E-state index in [2.05, 4.69) is 15.3 Å². The van der Waals surface area contributed by atoms with E-state index in [1.807, 2.05) is 24.3 Å². The van der Waals surface area contributed by atoms with Crippen molar-refractivity contribution in [2.75, 3.05) is 12.8 Å². The van der Waals surface area contributed by atoms with Gasteiger partial charge in [-0.15, -0.1) is 10.2 Å². The van der Waals surface area contributed by atoms with E-state index in [0.717, 1.165) is 0 Å². The molecule has 7 heteroatoms. The fourth-order valence-corrected chi connectivity index (χ4v) is 2.12. The Morgan fingerprint density at radius 1 is 1.04 bits per heavy atom. The van der Waals surface area contributed by atoms with E-state index < -0.39 is 0 Å². The number of nitrogen functional groups attached to an aromatic ring is 1. The molecule has 23 heavy (non-hydrogen) atoms. The lowest BCUT2D eigenvalue weighted by Crippen LogP contribution is -2.13. The molecule has 0 aliphatic heterocycles. The van der Waals surface area contributed by atoms with E-state index in [4.69, 9.17) is 10.5 Å². The van der Waals surface area contributed by atoms with Gasteiger partial charge in [0.2, 0.25) is 0 Å². The Morgan fingerprint density at radius 2 is 1.74 bits per heavy atom. The van der Waals surface area contributed by atoms with Gasteiger partial charge in [-0.2, -0.15) is 0 Å². The highest BCUT2D eigenvalue weighted by Gasteiger charge is 2.13. The number of nitrogens with one attached hydrogen (secondary N) is 1. The van der Waals surface area contributed by atoms with E-state index in [1.165, 1.54) is 4.68 Å². The van der Waals surface area contributed by atoms with Crippen molar-refractivity contribution in [1.29, 1.82) is 0 Å². The molecule has 0 saturated heterocycles. The number of hydrogen-bond donors (Lipinski definition) is 2. The molecule has 116 valence electrons. The summed E-state index contributed by atoms with van der Waals surface area (Å²) in [7, 11) is 1.54. The second-order valence-corrected chi connectivity index (χ2v) is 4.72. The Hall–Kier alpha value is -3.35. The Balaban J connectivity index is 2.00. The van der Waals surface area contributed by atoms with Crippen LogP contribution in [0.25, 0.3) is 5.69 Å². The summed E-state index contributed by atoms with van der Waals surface area (Å²) in [5.41, 5.74) is 6.72. The van der Waals surface area contributed by atoms with Gasteiger partial charge in [-0.3, -0.25) is 9.89 Å². The summed E-state index contributed by atoms with van der Waals surface area (Å²) < 4.78 is 6.52. The van der Waals surface area contributed by atoms with Crippen LogP contribution >= 0.6 is 0 Å². The number of methoxy groups -OCH3 is 1. The van der Waals surface area contributed by atoms with Gasteiger partial charge in [0.25, 0.3) is 0 Å². The van der Waals surface area contributed by atoms with Crippen LogP contribution in [0.3, 0.4) is 0 Å². The van der Waals surface area contributed by atoms with Crippen LogP contribution in [0.4, 0.5) is 17.2 Å². The summed E-state index contributed by atoms with van der Waals surface area (Å²) in [6.45, 7) is 0. The third-order valence-corrected chi connectivity index (χ3v) is 3.25. The Kier molecular flexibility index (Phi) is 3.92. The standard InChI is InChI=1S/C16H15N5O2/c1-23-13-10-6-5-9-12(13)18-19-14-15(17)20-21(16(14)22)11-7-3-2-4-8-11/h2-10,20H,17H2,1H3. The van der Waals surface area contributed by atoms with Crippen molar-refractivity contribution in [2.45, 2.75) is 0 Å². The minimum Gasteiger partial charge on any atom is -0.494 e. The summed E-state index contributed by atoms with van der Waals surface area (Å²) in [6.07, 6.45) is 0. The number of para-hydroxylation sites is 2. The average Bonchev–Trinajstić information content (AvgIpc) is 2.88. The fraction of sp³-hybridized carbons (Fsp3) is 0.0625. The molecule has 0 radical (unpaired) electrons. The van der Waals surface area contributed by atoms with Gasteiger partial charge in [-0.05, 0) is 24.3 Å². The predicted molar refractivity (Wildman–Crippen MR) is 88.0 cm³/mol. The molecule has 3 aromatic rings. The SMILES string of the molecule is COc1ccccc1N=Nc1c(N)[nH]n(-c2ccccc2)c1=O. The lowest BCUT2D eigenvalue weighted by molar-refractivity contribution is 0.416. The van der Waals surface area contributed by atoms with Crippen LogP contribution in [0.15, 0.2) is 69.6 Å². The molecular formula is C16H15N5O2. The second-order valence-electron chi connectivity index (χ2n) is 4.72. The zero-order chi connectivity index (χ0) is 16.2. The number of hydrogen-bond acceptors (Lipinski definition) is 5. The van der Waals surface area contributed by atoms with Crippen LogP contribution in [0, 0.1) is 0 Å². The zero-order valence-corrected chi connectivity index (χ0v) is 12.4. The quantitative estimate of drug-likeness (QED) is 0.724. The first kappa shape index (κ1) is 14.6. The van der Waals surface area contributed by atoms with Gasteiger partial charge in [0, 0.05) is 0 Å². The number of H-pyrrole nitrogens is 1. The third kappa shape index (κ3) is 2.84. The number of nitrogens with two attached hydrogens (primary N) is 1. The minimum atomic E-state index is -0.368. The van der Waals surface area contributed by atoms with Gasteiger partial charge < -0.3 is 10.5 Å². The Labute approximate surface area is 132 Å². The Morgan fingerprint density at radius 3 is 2.48 bits per heavy atom. The molecule has 0 spiro atoms. The van der Waals surface area contributed by atoms with Crippen LogP contribution in [-0.4, -0.2) is 16.9 Å². The molecule has 1 aromatic heterocycles. The lowest BCUT2D eigenvalue weighted by atomic mass is 10.3. The van der Waals surface area contributed by atoms with Crippen LogP contribution < -0.4 is 16.0 Å². The van der Waals surface area contributed by atoms with Crippen molar-refractivity contribution in [2.24, 2.45) is 10.2 Å². The largest absolute Gasteiger partial charge is 0.494 e. The molecule has 0 aliphatic carbocycles. The number of benzene rings is 2. The van der Waals surface area contributed by atoms with Crippen molar-refractivity contribution < 1.29 is 4.74 Å². The van der Waals surface area contributed by atoms with Crippen LogP contribution in [0.2, 0.25) is 0 Å². The molecular weight excluding hydrogens is 294 g/mol. The van der Waals surface area contributed by atoms with Gasteiger partial charge in [0.05, 0.1) is 12.8 Å². The van der Waals surface area contributed by atoms with Crippen LogP contribution in [-0.2, 0) is 0 Å². The molecule has 7 nitrogen and oxygen atoms in total. The van der Waals surface area contributed by atoms with Crippen molar-refractivity contribution in [3.05, 3.63) is 65.0 Å². The van der Waals surface area contributed by atoms with Gasteiger partial charge in [0.1, 0.15) is 17.3 Å². The van der Waals surface area contributed by atoms with Crippen LogP contribution in [0.1, 0.15) is 0 Å². The monoisotopic (exact) mass is 309 g/mol. The van der Waals surface area contributed by atoms with Crippen molar-refractivity contribution in [1.82, 2.24) is 9.78 Å². The average molecular weight is 309 g/mol. The van der Waals surface area contributed by atoms with E-state index >= 15 is 0 Å². The number of aromatic amines is 1. The highest BCUT2D eigenvalue weighted by atomic mass is 16.5. The topological polar surface area (TPSA) is 97.8 Å². The second kappa shape index (κ2) is 6.18. The number of nitrogens with zero attached hydrogens (tertiary/aromatic N) is 3. The maximum absolute atomic E-state index is 12.4. The highest BCUT2D eigenvalue weighted by Crippen LogP contribution is 2.28. The van der Waals surface area contributed by atoms with E-state index in [-0.39, 0.29) is 17.1 Å². The predicted octanol–water partition coefficient (Wildman–Crippen LogP) is 3.17. The molecule has 0 unspecified atom stereocenters. The van der Waals surface area contributed by atoms with Gasteiger partial charge in [0.15, 0.2) is 5.69 Å². The smallest absolute Gasteiger partial charge is 0.301 e. The summed E-state index contributed by atoms with van der Waals surface area (Å²) in [5, 5.41) is 10.8. The molecule has 0 saturated carbocycles. The summed E-state index contributed by atoms with van der Waals surface area (Å²) in [5.74, 6) is 0.714. The molecule has 0 atom stereocenters. The number of ether oxygens (including phenoxy) is 1. The highest BCUT2D eigenvalue weighted by molar-refractivity contribution is 5.58. The van der Waals surface area contributed by atoms with Crippen molar-refractivity contribution in [3.63, 3.8) is 0 Å². The normalized spacial score (nSPS) is 11.0. The van der Waals surface area contributed by atoms with Gasteiger partial charge in [-0.25, -0.2) is 4.68 Å². The number of aromatic nitrogens is 2. The third-order valence-electron chi connectivity index (χ3n) is 3.25. The maximum Gasteiger partial charge on any atom is 0.301 e. The van der Waals surface area contributed by atoms with E-state index in [1.54, 1.807) is 37.4 Å². The first-order chi connectivity index (χ1) is 11.2. The molecule has 3 N–H and O–H groups in total. The number of azo groups is 1. The first-order valence-electron chi connectivity index (χ1n) is 6.91.